The first-order chi connectivity index (χ1) is 4.72. The Kier molecular flexibility index (Phi) is 2.97. The van der Waals surface area contributed by atoms with Crippen LogP contribution in [0.2, 0.25) is 13.1 Å². The third-order valence-electron chi connectivity index (χ3n) is 1.43. The molecule has 10 heavy (non-hydrogen) atoms. The minimum absolute atomic E-state index is 0.240. The van der Waals surface area contributed by atoms with Crippen molar-refractivity contribution in [3.05, 3.63) is 24.3 Å². The first kappa shape index (κ1) is 8.32. The molecule has 0 saturated heterocycles. The summed E-state index contributed by atoms with van der Waals surface area (Å²) >= 11 is 2.12. The SMILES string of the molecule is C[Si](C)c1ccccc1[Te]. The minimum atomic E-state index is -0.240. The van der Waals surface area contributed by atoms with Gasteiger partial charge in [0.2, 0.25) is 0 Å². The van der Waals surface area contributed by atoms with E-state index in [9.17, 15) is 0 Å². The maximum atomic E-state index is 2.33. The molecule has 0 fully saturated rings. The van der Waals surface area contributed by atoms with Crippen LogP contribution in [0, 0.1) is 0 Å². The molecule has 52 valence electrons. The van der Waals surface area contributed by atoms with E-state index in [1.807, 2.05) is 0 Å². The van der Waals surface area contributed by atoms with Crippen LogP contribution in [0.25, 0.3) is 0 Å². The van der Waals surface area contributed by atoms with Gasteiger partial charge in [-0.25, -0.2) is 0 Å². The summed E-state index contributed by atoms with van der Waals surface area (Å²) in [6.07, 6.45) is 0. The molecule has 2 radical (unpaired) electrons. The van der Waals surface area contributed by atoms with E-state index in [-0.39, 0.29) is 8.80 Å². The molecule has 1 aromatic rings. The van der Waals surface area contributed by atoms with Crippen molar-refractivity contribution in [3.8, 4) is 0 Å². The van der Waals surface area contributed by atoms with E-state index in [0.29, 0.717) is 0 Å². The molecule has 1 aromatic carbocycles. The van der Waals surface area contributed by atoms with Gasteiger partial charge in [0.1, 0.15) is 0 Å². The molecule has 0 saturated carbocycles. The Bertz CT molecular complexity index is 220. The van der Waals surface area contributed by atoms with Gasteiger partial charge < -0.3 is 0 Å². The number of hydrogen-bond donors (Lipinski definition) is 0. The predicted octanol–water partition coefficient (Wildman–Crippen LogP) is 0.442. The molecule has 0 bridgehead atoms. The topological polar surface area (TPSA) is 0 Å². The standard InChI is InChI=1S/C8H10SiTe/c1-9(2)7-5-3-4-6-8(7)10/h3-6H,1-2H3. The average Bonchev–Trinajstić information content (AvgIpc) is 1.88. The van der Waals surface area contributed by atoms with Crippen LogP contribution in [-0.2, 0) is 0 Å². The van der Waals surface area contributed by atoms with Crippen LogP contribution in [0.5, 0.6) is 0 Å². The second-order valence-corrected chi connectivity index (χ2v) is 6.29. The van der Waals surface area contributed by atoms with Crippen LogP contribution in [0.3, 0.4) is 0 Å². The number of hydrogen-bond acceptors (Lipinski definition) is 0. The molecule has 0 atom stereocenters. The molecule has 0 heterocycles. The van der Waals surface area contributed by atoms with Gasteiger partial charge in [0.15, 0.2) is 0 Å². The van der Waals surface area contributed by atoms with Crippen LogP contribution in [0.1, 0.15) is 0 Å². The van der Waals surface area contributed by atoms with Crippen LogP contribution >= 0.6 is 0 Å². The van der Waals surface area contributed by atoms with Crippen molar-refractivity contribution < 1.29 is 0 Å². The fraction of sp³-hybridized carbons (Fsp3) is 0.250. The van der Waals surface area contributed by atoms with Crippen molar-refractivity contribution in [2.24, 2.45) is 0 Å². The Morgan fingerprint density at radius 3 is 2.20 bits per heavy atom. The van der Waals surface area contributed by atoms with Gasteiger partial charge in [0.05, 0.1) is 0 Å². The molecule has 0 unspecified atom stereocenters. The van der Waals surface area contributed by atoms with E-state index in [0.717, 1.165) is 0 Å². The zero-order valence-corrected chi connectivity index (χ0v) is 9.55. The van der Waals surface area contributed by atoms with Gasteiger partial charge in [0, 0.05) is 0 Å². The summed E-state index contributed by atoms with van der Waals surface area (Å²) in [4.78, 5) is 0. The summed E-state index contributed by atoms with van der Waals surface area (Å²) in [5.74, 6) is 0. The number of rotatable bonds is 1. The molecule has 1 rings (SSSR count). The second kappa shape index (κ2) is 3.57. The van der Waals surface area contributed by atoms with Gasteiger partial charge in [-0.1, -0.05) is 0 Å². The number of benzene rings is 1. The van der Waals surface area contributed by atoms with E-state index < -0.39 is 0 Å². The second-order valence-electron chi connectivity index (χ2n) is 2.50. The summed E-state index contributed by atoms with van der Waals surface area (Å²) in [6, 6.07) is 8.66. The fourth-order valence-corrected chi connectivity index (χ4v) is 4.05. The average molecular weight is 262 g/mol. The van der Waals surface area contributed by atoms with Crippen LogP contribution in [0.15, 0.2) is 24.3 Å². The molecular formula is C8H10SiTe. The first-order valence-corrected chi connectivity index (χ1v) is 6.95. The molecule has 0 nitrogen and oxygen atoms in total. The van der Waals surface area contributed by atoms with Crippen molar-refractivity contribution in [2.75, 3.05) is 0 Å². The summed E-state index contributed by atoms with van der Waals surface area (Å²) in [7, 11) is -0.240. The molecule has 0 aliphatic heterocycles. The summed E-state index contributed by atoms with van der Waals surface area (Å²) in [5.41, 5.74) is 0. The molecular weight excluding hydrogens is 252 g/mol. The Balaban J connectivity index is 3.03. The van der Waals surface area contributed by atoms with E-state index in [2.05, 4.69) is 59.7 Å². The monoisotopic (exact) mass is 264 g/mol. The molecule has 0 aliphatic rings. The molecule has 0 spiro atoms. The summed E-state index contributed by atoms with van der Waals surface area (Å²) in [6.45, 7) is 4.66. The van der Waals surface area contributed by atoms with Crippen molar-refractivity contribution in [2.45, 2.75) is 13.1 Å². The molecule has 0 amide bonds. The Hall–Kier alpha value is 0.226. The molecule has 0 aromatic heterocycles. The quantitative estimate of drug-likeness (QED) is 0.644. The van der Waals surface area contributed by atoms with E-state index in [1.165, 1.54) is 3.61 Å². The molecule has 2 heteroatoms. The van der Waals surface area contributed by atoms with E-state index >= 15 is 0 Å². The fourth-order valence-electron chi connectivity index (χ4n) is 0.880. The first-order valence-electron chi connectivity index (χ1n) is 3.28. The van der Waals surface area contributed by atoms with Crippen LogP contribution in [-0.4, -0.2) is 31.1 Å². The summed E-state index contributed by atoms with van der Waals surface area (Å²) < 4.78 is 1.46. The Labute approximate surface area is 77.2 Å². The molecule has 0 N–H and O–H groups in total. The van der Waals surface area contributed by atoms with Gasteiger partial charge in [-0.15, -0.1) is 0 Å². The van der Waals surface area contributed by atoms with Gasteiger partial charge in [-0.2, -0.15) is 0 Å². The van der Waals surface area contributed by atoms with E-state index in [1.54, 1.807) is 5.19 Å². The van der Waals surface area contributed by atoms with Crippen molar-refractivity contribution in [3.63, 3.8) is 0 Å². The van der Waals surface area contributed by atoms with Crippen LogP contribution < -0.4 is 8.80 Å². The Morgan fingerprint density at radius 2 is 1.80 bits per heavy atom. The third kappa shape index (κ3) is 1.85. The maximum absolute atomic E-state index is 2.33. The van der Waals surface area contributed by atoms with Gasteiger partial charge in [-0.05, 0) is 0 Å². The zero-order chi connectivity index (χ0) is 7.56. The van der Waals surface area contributed by atoms with Crippen molar-refractivity contribution >= 4 is 39.9 Å². The van der Waals surface area contributed by atoms with Gasteiger partial charge in [-0.3, -0.25) is 0 Å². The van der Waals surface area contributed by atoms with Crippen LogP contribution in [0.4, 0.5) is 0 Å². The summed E-state index contributed by atoms with van der Waals surface area (Å²) in [5, 5.41) is 1.57. The van der Waals surface area contributed by atoms with E-state index in [4.69, 9.17) is 0 Å². The Morgan fingerprint density at radius 1 is 1.20 bits per heavy atom. The van der Waals surface area contributed by atoms with Gasteiger partial charge in [0.25, 0.3) is 0 Å². The zero-order valence-electron chi connectivity index (χ0n) is 6.22. The molecule has 0 aliphatic carbocycles. The predicted molar refractivity (Wildman–Crippen MR) is 48.9 cm³/mol. The van der Waals surface area contributed by atoms with Crippen molar-refractivity contribution in [1.82, 2.24) is 0 Å². The van der Waals surface area contributed by atoms with Crippen molar-refractivity contribution in [1.29, 1.82) is 0 Å². The van der Waals surface area contributed by atoms with Gasteiger partial charge >= 0.3 is 77.2 Å². The normalized spacial score (nSPS) is 10.3. The third-order valence-corrected chi connectivity index (χ3v) is 4.51.